The monoisotopic (exact) mass is 725 g/mol. The summed E-state index contributed by atoms with van der Waals surface area (Å²) in [6, 6.07) is 35.4. The summed E-state index contributed by atoms with van der Waals surface area (Å²) >= 11 is 0. The van der Waals surface area contributed by atoms with Crippen molar-refractivity contribution in [3.63, 3.8) is 0 Å². The van der Waals surface area contributed by atoms with Crippen LogP contribution < -0.4 is 54.6 Å². The molecule has 20 radical (unpaired) electrons. The van der Waals surface area contributed by atoms with E-state index in [9.17, 15) is 0 Å². The Hall–Kier alpha value is -6.00. The molecule has 0 saturated carbocycles. The van der Waals surface area contributed by atoms with E-state index < -0.39 is 0 Å². The molecule has 0 saturated heterocycles. The van der Waals surface area contributed by atoms with E-state index in [1.165, 1.54) is 26.9 Å². The first-order chi connectivity index (χ1) is 28.4. The Morgan fingerprint density at radius 2 is 0.729 bits per heavy atom. The highest BCUT2D eigenvalue weighted by atomic mass is 16.3. The highest BCUT2D eigenvalue weighted by Crippen LogP contribution is 2.41. The average Bonchev–Trinajstić information content (AvgIpc) is 3.64. The summed E-state index contributed by atoms with van der Waals surface area (Å²) in [7, 11) is 63.2. The Morgan fingerprint density at radius 3 is 1.25 bits per heavy atom. The first kappa shape index (κ1) is 37.3. The van der Waals surface area contributed by atoms with Crippen LogP contribution in [0, 0.1) is 0 Å². The molecule has 59 heavy (non-hydrogen) atoms. The van der Waals surface area contributed by atoms with Gasteiger partial charge in [-0.15, -0.1) is 32.8 Å². The highest BCUT2D eigenvalue weighted by Gasteiger charge is 2.22. The van der Waals surface area contributed by atoms with Gasteiger partial charge in [-0.25, -0.2) is 15.0 Å². The number of para-hydroxylation sites is 1. The minimum atomic E-state index is 0.00904. The van der Waals surface area contributed by atoms with Crippen LogP contribution in [-0.2, 0) is 0 Å². The summed E-state index contributed by atoms with van der Waals surface area (Å²) in [5.41, 5.74) is 4.30. The number of rotatable bonds is 4. The molecule has 14 heteroatoms. The number of hydrogen-bond acceptors (Lipinski definition) is 4. The summed E-state index contributed by atoms with van der Waals surface area (Å²) in [5, 5.41) is 8.97. The number of furan rings is 1. The van der Waals surface area contributed by atoms with Gasteiger partial charge in [0.15, 0.2) is 17.5 Å². The predicted molar refractivity (Wildman–Crippen MR) is 255 cm³/mol. The molecular formula is C45H17B10N3O. The molecule has 0 unspecified atom stereocenters. The van der Waals surface area contributed by atoms with E-state index in [-0.39, 0.29) is 83.2 Å². The van der Waals surface area contributed by atoms with Gasteiger partial charge in [-0.05, 0) is 56.1 Å². The molecule has 4 nitrogen and oxygen atoms in total. The topological polar surface area (TPSA) is 51.8 Å². The Balaban J connectivity index is 1.18. The van der Waals surface area contributed by atoms with Gasteiger partial charge in [-0.2, -0.15) is 0 Å². The molecule has 0 aliphatic heterocycles. The van der Waals surface area contributed by atoms with Crippen molar-refractivity contribution in [1.29, 1.82) is 0 Å². The van der Waals surface area contributed by atoms with E-state index in [0.29, 0.717) is 11.1 Å². The second kappa shape index (κ2) is 13.8. The highest BCUT2D eigenvalue weighted by molar-refractivity contribution is 6.70. The van der Waals surface area contributed by atoms with Crippen molar-refractivity contribution >= 4 is 187 Å². The number of hydrogen-bond donors (Lipinski definition) is 0. The van der Waals surface area contributed by atoms with Gasteiger partial charge in [0.25, 0.3) is 0 Å². The van der Waals surface area contributed by atoms with Crippen LogP contribution in [0.4, 0.5) is 0 Å². The van der Waals surface area contributed by atoms with Crippen molar-refractivity contribution in [3.8, 4) is 45.3 Å². The van der Waals surface area contributed by atoms with Crippen molar-refractivity contribution < 1.29 is 4.42 Å². The zero-order chi connectivity index (χ0) is 41.0. The van der Waals surface area contributed by atoms with Gasteiger partial charge in [-0.1, -0.05) is 107 Å². The quantitative estimate of drug-likeness (QED) is 0.187. The Morgan fingerprint density at radius 1 is 0.322 bits per heavy atom. The van der Waals surface area contributed by atoms with Gasteiger partial charge in [0.2, 0.25) is 0 Å². The summed E-state index contributed by atoms with van der Waals surface area (Å²) < 4.78 is 6.72. The van der Waals surface area contributed by atoms with Crippen LogP contribution in [0.5, 0.6) is 0 Å². The van der Waals surface area contributed by atoms with Crippen LogP contribution >= 0.6 is 0 Å². The molecule has 2 heterocycles. The lowest BCUT2D eigenvalue weighted by atomic mass is 9.60. The lowest BCUT2D eigenvalue weighted by Crippen LogP contribution is -2.55. The predicted octanol–water partition coefficient (Wildman–Crippen LogP) is -0.163. The minimum absolute atomic E-state index is 0.00904. The smallest absolute Gasteiger partial charge is 0.164 e. The standard InChI is InChI=1S/C45H17B10N3O/c46-32-30(33(47)37(51)40(54)36(32)50)44-56-43(57-45(58-44)31-34(48)38(52)41(55)39(53)35(31)49)19-13-15-26-27-11-5-10-20(42(27)59-29(26)17-19)18-12-14-25-23-8-2-1-6-21(23)22-7-3-4-9-24(22)28(25)16-18/h1-17H. The fraction of sp³-hybridized carbons (Fsp3) is 0. The molecule has 2 aromatic heterocycles. The lowest BCUT2D eigenvalue weighted by molar-refractivity contribution is 0.670. The third-order valence-corrected chi connectivity index (χ3v) is 11.3. The van der Waals surface area contributed by atoms with E-state index >= 15 is 0 Å². The number of aromatic nitrogens is 3. The zero-order valence-electron chi connectivity index (χ0n) is 31.3. The van der Waals surface area contributed by atoms with Crippen LogP contribution in [0.3, 0.4) is 0 Å². The molecular weight excluding hydrogens is 707 g/mol. The third kappa shape index (κ3) is 5.63. The average molecular weight is 724 g/mol. The Labute approximate surface area is 353 Å². The zero-order valence-corrected chi connectivity index (χ0v) is 31.3. The van der Waals surface area contributed by atoms with Crippen molar-refractivity contribution in [2.75, 3.05) is 0 Å². The van der Waals surface area contributed by atoms with Crippen LogP contribution in [0.2, 0.25) is 0 Å². The summed E-state index contributed by atoms with van der Waals surface area (Å²) in [4.78, 5) is 14.3. The number of nitrogens with zero attached hydrogens (tertiary/aromatic N) is 3. The first-order valence-corrected chi connectivity index (χ1v) is 18.5. The molecule has 10 rings (SSSR count). The summed E-state index contributed by atoms with van der Waals surface area (Å²) in [6.45, 7) is 0. The lowest BCUT2D eigenvalue weighted by Gasteiger charge is -2.22. The second-order valence-corrected chi connectivity index (χ2v) is 14.5. The maximum atomic E-state index is 6.72. The second-order valence-electron chi connectivity index (χ2n) is 14.5. The summed E-state index contributed by atoms with van der Waals surface area (Å²) in [6.07, 6.45) is 0. The van der Waals surface area contributed by atoms with Crippen molar-refractivity contribution in [1.82, 2.24) is 15.0 Å². The maximum Gasteiger partial charge on any atom is 0.164 e. The Bertz CT molecular complexity index is 3300. The van der Waals surface area contributed by atoms with E-state index in [4.69, 9.17) is 97.8 Å². The molecule has 0 spiro atoms. The van der Waals surface area contributed by atoms with Gasteiger partial charge in [-0.3, -0.25) is 0 Å². The molecule has 0 aliphatic rings. The SMILES string of the molecule is [B]c1c([B])c([B])c(-c2nc(-c3ccc4c(c3)oc3c(-c5ccc6c7ccccc7c7ccccc7c6c5)cccc34)nc(-c3c([B])c([B])c([B])c([B])c3[B])n2)c([B])c1[B]. The van der Waals surface area contributed by atoms with Crippen LogP contribution in [0.15, 0.2) is 108 Å². The van der Waals surface area contributed by atoms with Gasteiger partial charge in [0.05, 0.1) is 0 Å². The van der Waals surface area contributed by atoms with Gasteiger partial charge >= 0.3 is 0 Å². The van der Waals surface area contributed by atoms with E-state index in [2.05, 4.69) is 72.8 Å². The molecule has 0 bridgehead atoms. The number of benzene rings is 8. The molecule has 0 aliphatic carbocycles. The van der Waals surface area contributed by atoms with Crippen molar-refractivity contribution in [2.24, 2.45) is 0 Å². The normalized spacial score (nSPS) is 11.7. The summed E-state index contributed by atoms with van der Waals surface area (Å²) in [5.74, 6) is 0.200. The third-order valence-electron chi connectivity index (χ3n) is 11.3. The van der Waals surface area contributed by atoms with Crippen LogP contribution in [0.1, 0.15) is 0 Å². The molecule has 248 valence electrons. The van der Waals surface area contributed by atoms with Crippen molar-refractivity contribution in [3.05, 3.63) is 103 Å². The van der Waals surface area contributed by atoms with E-state index in [1.807, 2.05) is 30.3 Å². The molecule has 0 amide bonds. The Kier molecular flexibility index (Phi) is 8.72. The fourth-order valence-corrected chi connectivity index (χ4v) is 8.15. The first-order valence-electron chi connectivity index (χ1n) is 18.5. The molecule has 8 aromatic carbocycles. The maximum absolute atomic E-state index is 6.72. The van der Waals surface area contributed by atoms with Crippen LogP contribution in [0.25, 0.3) is 99.5 Å². The molecule has 0 fully saturated rings. The molecule has 0 N–H and O–H groups in total. The van der Waals surface area contributed by atoms with Crippen molar-refractivity contribution in [2.45, 2.75) is 0 Å². The van der Waals surface area contributed by atoms with Crippen LogP contribution in [-0.4, -0.2) is 93.4 Å². The van der Waals surface area contributed by atoms with E-state index in [1.54, 1.807) is 0 Å². The fourth-order valence-electron chi connectivity index (χ4n) is 8.15. The van der Waals surface area contributed by atoms with Gasteiger partial charge in [0, 0.05) is 33.0 Å². The van der Waals surface area contributed by atoms with Gasteiger partial charge in [0.1, 0.15) is 89.6 Å². The van der Waals surface area contributed by atoms with Gasteiger partial charge < -0.3 is 4.42 Å². The molecule has 0 atom stereocenters. The number of fused-ring (bicyclic) bond motifs is 9. The minimum Gasteiger partial charge on any atom is -0.455 e. The van der Waals surface area contributed by atoms with E-state index in [0.717, 1.165) is 32.9 Å². The molecule has 10 aromatic rings. The largest absolute Gasteiger partial charge is 0.455 e.